The Hall–Kier alpha value is -0.273. The zero-order chi connectivity index (χ0) is 8.36. The molecule has 6 heteroatoms. The molecule has 11 heavy (non-hydrogen) atoms. The number of hydrogen-bond donors (Lipinski definition) is 0. The summed E-state index contributed by atoms with van der Waals surface area (Å²) in [4.78, 5) is 19.9. The number of Topliss-reactive ketones (excluding diaryl/α,β-unsaturated/α-hetero) is 2. The number of carbonyl (C=O) groups is 2. The van der Waals surface area contributed by atoms with Gasteiger partial charge in [0.1, 0.15) is 5.78 Å². The van der Waals surface area contributed by atoms with Crippen molar-refractivity contribution >= 4 is 11.6 Å². The quantitative estimate of drug-likeness (QED) is 0.355. The van der Waals surface area contributed by atoms with Crippen molar-refractivity contribution in [2.24, 2.45) is 0 Å². The van der Waals surface area contributed by atoms with E-state index in [4.69, 9.17) is 0 Å². The van der Waals surface area contributed by atoms with Gasteiger partial charge in [0.05, 0.1) is 6.42 Å². The maximum absolute atomic E-state index is 11.3. The Morgan fingerprint density at radius 1 is 1.36 bits per heavy atom. The maximum atomic E-state index is 11.3. The third-order valence-corrected chi connectivity index (χ3v) is 0.726. The van der Waals surface area contributed by atoms with Gasteiger partial charge in [-0.15, -0.1) is 0 Å². The SMILES string of the molecule is CC(=O)CC(=O)C(F)(F)F.[H-].[Li+]. The van der Waals surface area contributed by atoms with E-state index in [-0.39, 0.29) is 20.3 Å². The average Bonchev–Trinajstić information content (AvgIpc) is 1.60. The van der Waals surface area contributed by atoms with E-state index in [1.54, 1.807) is 0 Å². The molecule has 0 aliphatic heterocycles. The van der Waals surface area contributed by atoms with Crippen LogP contribution in [0.5, 0.6) is 0 Å². The molecule has 60 valence electrons. The Morgan fingerprint density at radius 2 is 1.73 bits per heavy atom. The van der Waals surface area contributed by atoms with Gasteiger partial charge in [-0.2, -0.15) is 13.2 Å². The molecule has 0 rings (SSSR count). The van der Waals surface area contributed by atoms with E-state index in [1.807, 2.05) is 0 Å². The molecule has 0 N–H and O–H groups in total. The van der Waals surface area contributed by atoms with E-state index in [0.717, 1.165) is 6.92 Å². The predicted octanol–water partition coefficient (Wildman–Crippen LogP) is -1.79. The van der Waals surface area contributed by atoms with Gasteiger partial charge in [0, 0.05) is 0 Å². The fraction of sp³-hybridized carbons (Fsp3) is 0.600. The van der Waals surface area contributed by atoms with Crippen LogP contribution in [0.3, 0.4) is 0 Å². The Morgan fingerprint density at radius 3 is 1.82 bits per heavy atom. The molecular formula is C5H6F3LiO2. The molecule has 0 amide bonds. The molecule has 0 aromatic rings. The first-order chi connectivity index (χ1) is 4.34. The van der Waals surface area contributed by atoms with E-state index >= 15 is 0 Å². The van der Waals surface area contributed by atoms with Crippen molar-refractivity contribution in [3.05, 3.63) is 0 Å². The number of rotatable bonds is 2. The van der Waals surface area contributed by atoms with Crippen LogP contribution in [-0.4, -0.2) is 17.7 Å². The Balaban J connectivity index is -0.000000405. The molecule has 0 unspecified atom stereocenters. The summed E-state index contributed by atoms with van der Waals surface area (Å²) in [7, 11) is 0. The molecule has 0 radical (unpaired) electrons. The van der Waals surface area contributed by atoms with Crippen LogP contribution in [0.4, 0.5) is 13.2 Å². The Kier molecular flexibility index (Phi) is 5.54. The van der Waals surface area contributed by atoms with Crippen molar-refractivity contribution < 1.29 is 43.0 Å². The molecule has 0 saturated carbocycles. The largest absolute Gasteiger partial charge is 1.00 e. The monoisotopic (exact) mass is 162 g/mol. The molecule has 0 aliphatic rings. The molecule has 0 saturated heterocycles. The van der Waals surface area contributed by atoms with Crippen LogP contribution in [-0.2, 0) is 9.59 Å². The number of alkyl halides is 3. The maximum Gasteiger partial charge on any atom is 1.00 e. The summed E-state index contributed by atoms with van der Waals surface area (Å²) in [5.41, 5.74) is 0. The van der Waals surface area contributed by atoms with Crippen LogP contribution in [0.25, 0.3) is 0 Å². The van der Waals surface area contributed by atoms with Crippen LogP contribution < -0.4 is 18.9 Å². The van der Waals surface area contributed by atoms with Gasteiger partial charge in [-0.25, -0.2) is 0 Å². The van der Waals surface area contributed by atoms with Gasteiger partial charge in [-0.05, 0) is 6.92 Å². The summed E-state index contributed by atoms with van der Waals surface area (Å²) in [6, 6.07) is 0. The molecule has 0 aromatic carbocycles. The molecule has 0 aliphatic carbocycles. The normalized spacial score (nSPS) is 10.2. The van der Waals surface area contributed by atoms with Crippen LogP contribution in [0.15, 0.2) is 0 Å². The van der Waals surface area contributed by atoms with Crippen molar-refractivity contribution in [3.63, 3.8) is 0 Å². The van der Waals surface area contributed by atoms with Gasteiger partial charge in [-0.3, -0.25) is 9.59 Å². The fourth-order valence-electron chi connectivity index (χ4n) is 0.326. The van der Waals surface area contributed by atoms with E-state index in [2.05, 4.69) is 0 Å². The standard InChI is InChI=1S/C5H5F3O2.Li.H/c1-3(9)2-4(10)5(6,7)8;;/h2H2,1H3;;/q;+1;-1. The molecule has 0 heterocycles. The third-order valence-electron chi connectivity index (χ3n) is 0.726. The smallest absolute Gasteiger partial charge is 1.00 e. The summed E-state index contributed by atoms with van der Waals surface area (Å²) in [6.07, 6.45) is -5.92. The van der Waals surface area contributed by atoms with E-state index in [9.17, 15) is 22.8 Å². The van der Waals surface area contributed by atoms with Gasteiger partial charge in [0.25, 0.3) is 0 Å². The second-order valence-corrected chi connectivity index (χ2v) is 1.80. The minimum Gasteiger partial charge on any atom is -1.00 e. The molecule has 0 bridgehead atoms. The van der Waals surface area contributed by atoms with Crippen molar-refractivity contribution in [1.29, 1.82) is 0 Å². The molecule has 2 nitrogen and oxygen atoms in total. The first-order valence-electron chi connectivity index (χ1n) is 2.43. The Bertz CT molecular complexity index is 169. The number of ketones is 2. The zero-order valence-corrected chi connectivity index (χ0v) is 6.16. The average molecular weight is 162 g/mol. The summed E-state index contributed by atoms with van der Waals surface area (Å²) in [5.74, 6) is -2.76. The van der Waals surface area contributed by atoms with E-state index < -0.39 is 24.2 Å². The van der Waals surface area contributed by atoms with Crippen LogP contribution in [0.2, 0.25) is 0 Å². The first kappa shape index (κ1) is 13.3. The van der Waals surface area contributed by atoms with Gasteiger partial charge in [0.15, 0.2) is 0 Å². The molecular weight excluding hydrogens is 156 g/mol. The minimum atomic E-state index is -4.87. The first-order valence-corrected chi connectivity index (χ1v) is 2.43. The second kappa shape index (κ2) is 4.57. The second-order valence-electron chi connectivity index (χ2n) is 1.80. The fourth-order valence-corrected chi connectivity index (χ4v) is 0.326. The van der Waals surface area contributed by atoms with Crippen molar-refractivity contribution in [1.82, 2.24) is 0 Å². The molecule has 0 atom stereocenters. The van der Waals surface area contributed by atoms with E-state index in [1.165, 1.54) is 0 Å². The number of carbonyl (C=O) groups excluding carboxylic acids is 2. The van der Waals surface area contributed by atoms with Crippen LogP contribution in [0, 0.1) is 0 Å². The molecule has 0 spiro atoms. The zero-order valence-electron chi connectivity index (χ0n) is 7.16. The minimum absolute atomic E-state index is 0. The van der Waals surface area contributed by atoms with Crippen molar-refractivity contribution in [2.45, 2.75) is 19.5 Å². The van der Waals surface area contributed by atoms with Gasteiger partial charge in [-0.1, -0.05) is 0 Å². The summed E-state index contributed by atoms with van der Waals surface area (Å²) < 4.78 is 33.9. The van der Waals surface area contributed by atoms with Crippen LogP contribution in [0.1, 0.15) is 14.8 Å². The summed E-state index contributed by atoms with van der Waals surface area (Å²) in [5, 5.41) is 0. The number of hydrogen-bond acceptors (Lipinski definition) is 2. The van der Waals surface area contributed by atoms with E-state index in [0.29, 0.717) is 0 Å². The van der Waals surface area contributed by atoms with Crippen molar-refractivity contribution in [3.8, 4) is 0 Å². The van der Waals surface area contributed by atoms with Gasteiger partial charge >= 0.3 is 25.0 Å². The van der Waals surface area contributed by atoms with Crippen LogP contribution >= 0.6 is 0 Å². The number of halogens is 3. The predicted molar refractivity (Wildman–Crippen MR) is 27.5 cm³/mol. The summed E-state index contributed by atoms with van der Waals surface area (Å²) >= 11 is 0. The topological polar surface area (TPSA) is 34.1 Å². The van der Waals surface area contributed by atoms with Gasteiger partial charge in [0.2, 0.25) is 5.78 Å². The Labute approximate surface area is 74.8 Å². The van der Waals surface area contributed by atoms with Crippen molar-refractivity contribution in [2.75, 3.05) is 0 Å². The molecule has 0 aromatic heterocycles. The third kappa shape index (κ3) is 6.14. The molecule has 0 fully saturated rings. The summed E-state index contributed by atoms with van der Waals surface area (Å²) in [6.45, 7) is 0.934. The van der Waals surface area contributed by atoms with Gasteiger partial charge < -0.3 is 1.43 Å².